The predicted octanol–water partition coefficient (Wildman–Crippen LogP) is 4.66. The molecular formula is C30H32O6P2. The zero-order valence-corrected chi connectivity index (χ0v) is 24.4. The predicted molar refractivity (Wildman–Crippen MR) is 159 cm³/mol. The molecule has 0 radical (unpaired) electrons. The van der Waals surface area contributed by atoms with E-state index in [2.05, 4.69) is 24.3 Å². The average Bonchev–Trinajstić information content (AvgIpc) is 2.96. The SMILES string of the molecule is COc1cc(Pc2ccccc2)c(-c2c(Pc3ccccc3)cc(OC)c(OC)c2OC)c(OC)c1OC. The van der Waals surface area contributed by atoms with Crippen molar-refractivity contribution < 1.29 is 28.4 Å². The summed E-state index contributed by atoms with van der Waals surface area (Å²) in [5.74, 6) is 3.34. The fourth-order valence-corrected chi connectivity index (χ4v) is 6.83. The Balaban J connectivity index is 2.12. The molecule has 2 atom stereocenters. The maximum Gasteiger partial charge on any atom is 0.203 e. The van der Waals surface area contributed by atoms with E-state index in [9.17, 15) is 0 Å². The van der Waals surface area contributed by atoms with Gasteiger partial charge in [-0.05, 0) is 33.4 Å². The summed E-state index contributed by atoms with van der Waals surface area (Å²) in [6.07, 6.45) is 0. The third kappa shape index (κ3) is 5.53. The van der Waals surface area contributed by atoms with Gasteiger partial charge in [-0.1, -0.05) is 77.8 Å². The minimum atomic E-state index is 0.315. The second kappa shape index (κ2) is 12.9. The van der Waals surface area contributed by atoms with Gasteiger partial charge in [0.2, 0.25) is 11.5 Å². The maximum atomic E-state index is 6.05. The molecule has 0 aliphatic heterocycles. The summed E-state index contributed by atoms with van der Waals surface area (Å²) in [5.41, 5.74) is 1.73. The maximum absolute atomic E-state index is 6.05. The number of benzene rings is 4. The molecule has 0 bridgehead atoms. The van der Waals surface area contributed by atoms with Crippen LogP contribution in [0.25, 0.3) is 11.1 Å². The van der Waals surface area contributed by atoms with Gasteiger partial charge in [0, 0.05) is 11.1 Å². The van der Waals surface area contributed by atoms with Crippen molar-refractivity contribution in [1.29, 1.82) is 0 Å². The van der Waals surface area contributed by atoms with E-state index in [0.29, 0.717) is 51.7 Å². The Morgan fingerprint density at radius 1 is 0.421 bits per heavy atom. The normalized spacial score (nSPS) is 11.2. The summed E-state index contributed by atoms with van der Waals surface area (Å²) in [5, 5.41) is 4.40. The van der Waals surface area contributed by atoms with E-state index in [1.54, 1.807) is 42.7 Å². The number of hydrogen-bond donors (Lipinski definition) is 0. The molecule has 198 valence electrons. The number of ether oxygens (including phenoxy) is 6. The van der Waals surface area contributed by atoms with Gasteiger partial charge >= 0.3 is 0 Å². The van der Waals surface area contributed by atoms with E-state index in [1.165, 1.54) is 10.6 Å². The highest BCUT2D eigenvalue weighted by Crippen LogP contribution is 2.51. The molecule has 0 aliphatic rings. The van der Waals surface area contributed by atoms with Crippen LogP contribution in [0.5, 0.6) is 34.5 Å². The first-order chi connectivity index (χ1) is 18.6. The summed E-state index contributed by atoms with van der Waals surface area (Å²) in [6.45, 7) is 0. The first-order valence-electron chi connectivity index (χ1n) is 11.9. The van der Waals surface area contributed by atoms with Crippen molar-refractivity contribution in [2.45, 2.75) is 0 Å². The van der Waals surface area contributed by atoms with Crippen LogP contribution in [0.2, 0.25) is 0 Å². The van der Waals surface area contributed by atoms with Crippen LogP contribution in [-0.4, -0.2) is 42.7 Å². The standard InChI is InChI=1S/C30H32O6P2/c1-31-21-17-23(37-19-13-9-7-10-14-19)25(29(35-5)27(21)33-3)26-24(38-20-15-11-8-12-16-20)18-22(32-2)28(34-4)30(26)36-6/h7-18,37-38H,1-6H3. The van der Waals surface area contributed by atoms with Crippen molar-refractivity contribution in [3.05, 3.63) is 72.8 Å². The molecule has 0 spiro atoms. The van der Waals surface area contributed by atoms with Crippen LogP contribution < -0.4 is 49.6 Å². The van der Waals surface area contributed by atoms with Gasteiger partial charge in [0.1, 0.15) is 0 Å². The van der Waals surface area contributed by atoms with Gasteiger partial charge < -0.3 is 28.4 Å². The lowest BCUT2D eigenvalue weighted by Gasteiger charge is -2.25. The van der Waals surface area contributed by atoms with E-state index >= 15 is 0 Å². The molecular weight excluding hydrogens is 518 g/mol. The second-order valence-electron chi connectivity index (χ2n) is 8.12. The molecule has 0 fully saturated rings. The lowest BCUT2D eigenvalue weighted by Crippen LogP contribution is -2.17. The lowest BCUT2D eigenvalue weighted by atomic mass is 10.0. The third-order valence-electron chi connectivity index (χ3n) is 6.02. The molecule has 0 saturated carbocycles. The minimum Gasteiger partial charge on any atom is -0.493 e. The highest BCUT2D eigenvalue weighted by molar-refractivity contribution is 7.56. The Kier molecular flexibility index (Phi) is 9.33. The fourth-order valence-electron chi connectivity index (χ4n) is 4.36. The van der Waals surface area contributed by atoms with Crippen molar-refractivity contribution in [2.24, 2.45) is 0 Å². The van der Waals surface area contributed by atoms with Gasteiger partial charge in [-0.2, -0.15) is 0 Å². The van der Waals surface area contributed by atoms with Crippen LogP contribution in [-0.2, 0) is 0 Å². The first-order valence-corrected chi connectivity index (χ1v) is 13.9. The Labute approximate surface area is 227 Å². The van der Waals surface area contributed by atoms with Crippen LogP contribution in [0.4, 0.5) is 0 Å². The molecule has 0 saturated heterocycles. The molecule has 2 unspecified atom stereocenters. The molecule has 0 aromatic heterocycles. The van der Waals surface area contributed by atoms with Gasteiger partial charge in [0.25, 0.3) is 0 Å². The van der Waals surface area contributed by atoms with Gasteiger partial charge in [0.15, 0.2) is 23.0 Å². The van der Waals surface area contributed by atoms with Gasteiger partial charge in [-0.25, -0.2) is 0 Å². The lowest BCUT2D eigenvalue weighted by molar-refractivity contribution is 0.323. The highest BCUT2D eigenvalue weighted by Gasteiger charge is 2.30. The summed E-state index contributed by atoms with van der Waals surface area (Å²) in [4.78, 5) is 0. The summed E-state index contributed by atoms with van der Waals surface area (Å²) >= 11 is 0. The van der Waals surface area contributed by atoms with Crippen molar-refractivity contribution in [3.63, 3.8) is 0 Å². The molecule has 6 nitrogen and oxygen atoms in total. The smallest absolute Gasteiger partial charge is 0.203 e. The first kappa shape index (κ1) is 27.6. The van der Waals surface area contributed by atoms with Gasteiger partial charge in [-0.3, -0.25) is 0 Å². The topological polar surface area (TPSA) is 55.4 Å². The van der Waals surface area contributed by atoms with E-state index in [0.717, 1.165) is 21.7 Å². The van der Waals surface area contributed by atoms with Crippen LogP contribution >= 0.6 is 17.2 Å². The molecule has 4 aromatic rings. The highest BCUT2D eigenvalue weighted by atomic mass is 31.1. The number of rotatable bonds is 11. The van der Waals surface area contributed by atoms with Crippen LogP contribution in [0.15, 0.2) is 72.8 Å². The van der Waals surface area contributed by atoms with Crippen LogP contribution in [0.1, 0.15) is 0 Å². The quantitative estimate of drug-likeness (QED) is 0.253. The molecule has 8 heteroatoms. The average molecular weight is 551 g/mol. The summed E-state index contributed by atoms with van der Waals surface area (Å²) in [6, 6.07) is 24.7. The Bertz CT molecular complexity index is 1270. The molecule has 0 N–H and O–H groups in total. The summed E-state index contributed by atoms with van der Waals surface area (Å²) in [7, 11) is 10.4. The molecule has 0 aliphatic carbocycles. The van der Waals surface area contributed by atoms with Crippen molar-refractivity contribution in [3.8, 4) is 45.6 Å². The van der Waals surface area contributed by atoms with E-state index < -0.39 is 0 Å². The summed E-state index contributed by atoms with van der Waals surface area (Å²) < 4.78 is 35.2. The van der Waals surface area contributed by atoms with Crippen LogP contribution in [0, 0.1) is 0 Å². The Hall–Kier alpha value is -3.46. The Morgan fingerprint density at radius 3 is 1.05 bits per heavy atom. The molecule has 0 amide bonds. The number of methoxy groups -OCH3 is 6. The fraction of sp³-hybridized carbons (Fsp3) is 0.200. The minimum absolute atomic E-state index is 0.315. The van der Waals surface area contributed by atoms with Crippen molar-refractivity contribution in [2.75, 3.05) is 42.7 Å². The third-order valence-corrected chi connectivity index (χ3v) is 8.59. The molecule has 0 heterocycles. The monoisotopic (exact) mass is 550 g/mol. The molecule has 4 rings (SSSR count). The van der Waals surface area contributed by atoms with E-state index in [-0.39, 0.29) is 0 Å². The van der Waals surface area contributed by atoms with E-state index in [4.69, 9.17) is 28.4 Å². The zero-order chi connectivity index (χ0) is 27.1. The second-order valence-corrected chi connectivity index (χ2v) is 10.8. The Morgan fingerprint density at radius 2 is 0.763 bits per heavy atom. The van der Waals surface area contributed by atoms with Crippen LogP contribution in [0.3, 0.4) is 0 Å². The van der Waals surface area contributed by atoms with E-state index in [1.807, 2.05) is 48.5 Å². The van der Waals surface area contributed by atoms with Crippen molar-refractivity contribution in [1.82, 2.24) is 0 Å². The zero-order valence-electron chi connectivity index (χ0n) is 22.4. The molecule has 4 aromatic carbocycles. The van der Waals surface area contributed by atoms with Gasteiger partial charge in [-0.15, -0.1) is 0 Å². The van der Waals surface area contributed by atoms with Crippen molar-refractivity contribution >= 4 is 38.4 Å². The largest absolute Gasteiger partial charge is 0.493 e. The van der Waals surface area contributed by atoms with Gasteiger partial charge in [0.05, 0.1) is 42.7 Å². The number of hydrogen-bond acceptors (Lipinski definition) is 6. The molecule has 38 heavy (non-hydrogen) atoms.